The Morgan fingerprint density at radius 2 is 2.17 bits per heavy atom. The van der Waals surface area contributed by atoms with E-state index in [-0.39, 0.29) is 0 Å². The van der Waals surface area contributed by atoms with Crippen LogP contribution in [0.4, 0.5) is 5.69 Å². The first-order valence-corrected chi connectivity index (χ1v) is 6.00. The maximum Gasteiger partial charge on any atom is 0.0952 e. The number of hydrogen-bond donors (Lipinski definition) is 1. The maximum atomic E-state index is 6.12. The molecule has 0 radical (unpaired) electrons. The first kappa shape index (κ1) is 11.1. The highest BCUT2D eigenvalue weighted by Gasteiger charge is 2.05. The van der Waals surface area contributed by atoms with Crippen LogP contribution in [0.25, 0.3) is 10.9 Å². The Balaban J connectivity index is 1.94. The highest BCUT2D eigenvalue weighted by Crippen LogP contribution is 2.28. The Morgan fingerprint density at radius 1 is 1.22 bits per heavy atom. The number of aromatic nitrogens is 1. The second-order valence-corrected chi connectivity index (χ2v) is 4.39. The van der Waals surface area contributed by atoms with Gasteiger partial charge in [0.2, 0.25) is 0 Å². The van der Waals surface area contributed by atoms with Gasteiger partial charge in [-0.2, -0.15) is 0 Å². The molecule has 1 N–H and O–H groups in total. The fourth-order valence-electron chi connectivity index (χ4n) is 1.88. The van der Waals surface area contributed by atoms with Crippen molar-refractivity contribution in [2.45, 2.75) is 6.54 Å². The topological polar surface area (TPSA) is 38.1 Å². The molecule has 0 amide bonds. The fraction of sp³-hybridized carbons (Fsp3) is 0.0714. The molecule has 4 heteroatoms. The van der Waals surface area contributed by atoms with Crippen LogP contribution < -0.4 is 5.32 Å². The number of nitrogens with one attached hydrogen (secondary N) is 1. The molecule has 2 heterocycles. The fourth-order valence-corrected chi connectivity index (χ4v) is 2.10. The van der Waals surface area contributed by atoms with Crippen LogP contribution in [0.3, 0.4) is 0 Å². The molecular formula is C14H11ClN2O. The maximum absolute atomic E-state index is 6.12. The molecule has 3 aromatic rings. The van der Waals surface area contributed by atoms with Gasteiger partial charge in [-0.25, -0.2) is 0 Å². The van der Waals surface area contributed by atoms with Gasteiger partial charge in [-0.3, -0.25) is 4.98 Å². The monoisotopic (exact) mass is 258 g/mol. The molecule has 2 aromatic heterocycles. The van der Waals surface area contributed by atoms with E-state index in [1.807, 2.05) is 30.3 Å². The first-order chi connectivity index (χ1) is 8.84. The number of anilines is 1. The van der Waals surface area contributed by atoms with E-state index in [2.05, 4.69) is 10.3 Å². The third-order valence-electron chi connectivity index (χ3n) is 2.78. The van der Waals surface area contributed by atoms with Crippen LogP contribution in [0.2, 0.25) is 5.02 Å². The van der Waals surface area contributed by atoms with Gasteiger partial charge in [0.25, 0.3) is 0 Å². The van der Waals surface area contributed by atoms with E-state index in [4.69, 9.17) is 16.0 Å². The molecule has 0 atom stereocenters. The summed E-state index contributed by atoms with van der Waals surface area (Å²) >= 11 is 6.12. The largest absolute Gasteiger partial charge is 0.472 e. The molecule has 90 valence electrons. The molecular weight excluding hydrogens is 248 g/mol. The molecule has 0 aliphatic rings. The SMILES string of the molecule is Clc1ccc(NCc2ccoc2)c2cccnc12. The molecule has 3 nitrogen and oxygen atoms in total. The van der Waals surface area contributed by atoms with Gasteiger partial charge in [0, 0.05) is 29.4 Å². The molecule has 0 saturated carbocycles. The number of furan rings is 1. The molecule has 3 rings (SSSR count). The Hall–Kier alpha value is -2.00. The number of rotatable bonds is 3. The number of hydrogen-bond acceptors (Lipinski definition) is 3. The van der Waals surface area contributed by atoms with Crippen molar-refractivity contribution in [2.24, 2.45) is 0 Å². The Kier molecular flexibility index (Phi) is 2.90. The van der Waals surface area contributed by atoms with Crippen molar-refractivity contribution in [3.05, 3.63) is 59.6 Å². The highest BCUT2D eigenvalue weighted by atomic mass is 35.5. The van der Waals surface area contributed by atoms with Crippen LogP contribution in [-0.4, -0.2) is 4.98 Å². The lowest BCUT2D eigenvalue weighted by Crippen LogP contribution is -1.99. The van der Waals surface area contributed by atoms with Gasteiger partial charge < -0.3 is 9.73 Å². The highest BCUT2D eigenvalue weighted by molar-refractivity contribution is 6.35. The second-order valence-electron chi connectivity index (χ2n) is 3.98. The summed E-state index contributed by atoms with van der Waals surface area (Å²) in [5, 5.41) is 5.05. The zero-order chi connectivity index (χ0) is 12.4. The van der Waals surface area contributed by atoms with Crippen molar-refractivity contribution in [3.8, 4) is 0 Å². The third-order valence-corrected chi connectivity index (χ3v) is 3.09. The summed E-state index contributed by atoms with van der Waals surface area (Å²) < 4.78 is 5.04. The van der Waals surface area contributed by atoms with Crippen molar-refractivity contribution < 1.29 is 4.42 Å². The molecule has 0 spiro atoms. The van der Waals surface area contributed by atoms with Crippen LogP contribution in [0, 0.1) is 0 Å². The van der Waals surface area contributed by atoms with E-state index < -0.39 is 0 Å². The molecule has 18 heavy (non-hydrogen) atoms. The van der Waals surface area contributed by atoms with Gasteiger partial charge >= 0.3 is 0 Å². The zero-order valence-corrected chi connectivity index (χ0v) is 10.3. The second kappa shape index (κ2) is 4.70. The summed E-state index contributed by atoms with van der Waals surface area (Å²) in [6.07, 6.45) is 5.13. The van der Waals surface area contributed by atoms with Gasteiger partial charge in [-0.15, -0.1) is 0 Å². The van der Waals surface area contributed by atoms with Crippen LogP contribution in [0.5, 0.6) is 0 Å². The molecule has 0 aliphatic heterocycles. The van der Waals surface area contributed by atoms with Crippen molar-refractivity contribution in [1.82, 2.24) is 4.98 Å². The summed E-state index contributed by atoms with van der Waals surface area (Å²) in [6.45, 7) is 0.710. The van der Waals surface area contributed by atoms with Crippen LogP contribution in [0.15, 0.2) is 53.5 Å². The van der Waals surface area contributed by atoms with Crippen LogP contribution >= 0.6 is 11.6 Å². The Bertz CT molecular complexity index is 665. The Morgan fingerprint density at radius 3 is 3.00 bits per heavy atom. The van der Waals surface area contributed by atoms with Crippen molar-refractivity contribution in [3.63, 3.8) is 0 Å². The number of halogens is 1. The molecule has 0 unspecified atom stereocenters. The molecule has 0 fully saturated rings. The average molecular weight is 259 g/mol. The minimum absolute atomic E-state index is 0.666. The predicted molar refractivity (Wildman–Crippen MR) is 72.8 cm³/mol. The van der Waals surface area contributed by atoms with Crippen LogP contribution in [-0.2, 0) is 6.54 Å². The van der Waals surface area contributed by atoms with E-state index >= 15 is 0 Å². The molecule has 0 bridgehead atoms. The van der Waals surface area contributed by atoms with E-state index in [0.717, 1.165) is 22.2 Å². The first-order valence-electron chi connectivity index (χ1n) is 5.63. The van der Waals surface area contributed by atoms with Gasteiger partial charge in [0.1, 0.15) is 0 Å². The number of pyridine rings is 1. The van der Waals surface area contributed by atoms with Crippen molar-refractivity contribution in [1.29, 1.82) is 0 Å². The van der Waals surface area contributed by atoms with E-state index in [9.17, 15) is 0 Å². The summed E-state index contributed by atoms with van der Waals surface area (Å²) in [5.74, 6) is 0. The summed E-state index contributed by atoms with van der Waals surface area (Å²) in [6, 6.07) is 9.66. The quantitative estimate of drug-likeness (QED) is 0.769. The minimum atomic E-state index is 0.666. The van der Waals surface area contributed by atoms with E-state index in [1.54, 1.807) is 18.7 Å². The summed E-state index contributed by atoms with van der Waals surface area (Å²) in [7, 11) is 0. The lowest BCUT2D eigenvalue weighted by atomic mass is 10.1. The van der Waals surface area contributed by atoms with E-state index in [1.165, 1.54) is 0 Å². The Labute approximate surface area is 109 Å². The van der Waals surface area contributed by atoms with Gasteiger partial charge in [-0.05, 0) is 30.3 Å². The lowest BCUT2D eigenvalue weighted by molar-refractivity contribution is 0.564. The third kappa shape index (κ3) is 2.05. The lowest BCUT2D eigenvalue weighted by Gasteiger charge is -2.09. The normalized spacial score (nSPS) is 10.7. The van der Waals surface area contributed by atoms with Gasteiger partial charge in [-0.1, -0.05) is 11.6 Å². The standard InChI is InChI=1S/C14H11ClN2O/c15-12-3-4-13(11-2-1-6-16-14(11)12)17-8-10-5-7-18-9-10/h1-7,9,17H,8H2. The smallest absolute Gasteiger partial charge is 0.0952 e. The average Bonchev–Trinajstić information content (AvgIpc) is 2.92. The number of nitrogens with zero attached hydrogens (tertiary/aromatic N) is 1. The molecule has 1 aromatic carbocycles. The van der Waals surface area contributed by atoms with Crippen LogP contribution in [0.1, 0.15) is 5.56 Å². The summed E-state index contributed by atoms with van der Waals surface area (Å²) in [4.78, 5) is 4.30. The minimum Gasteiger partial charge on any atom is -0.472 e. The number of benzene rings is 1. The zero-order valence-electron chi connectivity index (χ0n) is 9.56. The number of fused-ring (bicyclic) bond motifs is 1. The molecule has 0 aliphatic carbocycles. The predicted octanol–water partition coefficient (Wildman–Crippen LogP) is 4.09. The van der Waals surface area contributed by atoms with E-state index in [0.29, 0.717) is 11.6 Å². The van der Waals surface area contributed by atoms with Crippen molar-refractivity contribution in [2.75, 3.05) is 5.32 Å². The van der Waals surface area contributed by atoms with Gasteiger partial charge in [0.05, 0.1) is 23.1 Å². The van der Waals surface area contributed by atoms with Crippen molar-refractivity contribution >= 4 is 28.2 Å². The molecule has 0 saturated heterocycles. The van der Waals surface area contributed by atoms with Gasteiger partial charge in [0.15, 0.2) is 0 Å². The summed E-state index contributed by atoms with van der Waals surface area (Å²) in [5.41, 5.74) is 2.93.